The molecule has 0 radical (unpaired) electrons. The summed E-state index contributed by atoms with van der Waals surface area (Å²) in [6.45, 7) is 2.91. The van der Waals surface area contributed by atoms with Crippen LogP contribution in [0.4, 0.5) is 4.79 Å². The van der Waals surface area contributed by atoms with Crippen LogP contribution in [0, 0.1) is 5.41 Å². The normalized spacial score (nSPS) is 25.4. The van der Waals surface area contributed by atoms with Gasteiger partial charge < -0.3 is 25.0 Å². The third-order valence-corrected chi connectivity index (χ3v) is 3.46. The molecule has 1 fully saturated rings. The summed E-state index contributed by atoms with van der Waals surface area (Å²) in [5.41, 5.74) is -1.08. The molecule has 0 bridgehead atoms. The van der Waals surface area contributed by atoms with Crippen LogP contribution < -0.4 is 10.6 Å². The summed E-state index contributed by atoms with van der Waals surface area (Å²) < 4.78 is 7.00. The monoisotopic (exact) mass is 282 g/mol. The van der Waals surface area contributed by atoms with E-state index in [1.54, 1.807) is 25.6 Å². The Balaban J connectivity index is 1.78. The molecule has 3 N–H and O–H groups in total. The van der Waals surface area contributed by atoms with E-state index in [0.717, 1.165) is 0 Å². The summed E-state index contributed by atoms with van der Waals surface area (Å²) in [6.07, 6.45) is 5.12. The number of rotatable bonds is 5. The van der Waals surface area contributed by atoms with Gasteiger partial charge in [0.1, 0.15) is 5.41 Å². The molecule has 0 aromatic carbocycles. The fourth-order valence-corrected chi connectivity index (χ4v) is 2.01. The zero-order valence-corrected chi connectivity index (χ0v) is 11.2. The van der Waals surface area contributed by atoms with Gasteiger partial charge in [-0.3, -0.25) is 4.79 Å². The Morgan fingerprint density at radius 3 is 3.05 bits per heavy atom. The maximum Gasteiger partial charge on any atom is 0.315 e. The molecule has 20 heavy (non-hydrogen) atoms. The number of carboxylic acids is 1. The highest BCUT2D eigenvalue weighted by atomic mass is 16.5. The number of urea groups is 1. The van der Waals surface area contributed by atoms with E-state index in [0.29, 0.717) is 13.1 Å². The largest absolute Gasteiger partial charge is 0.481 e. The Bertz CT molecular complexity index is 476. The number of imidazole rings is 1. The van der Waals surface area contributed by atoms with E-state index in [1.165, 1.54) is 0 Å². The Labute approximate surface area is 116 Å². The van der Waals surface area contributed by atoms with Crippen molar-refractivity contribution in [3.8, 4) is 0 Å². The van der Waals surface area contributed by atoms with Crippen LogP contribution in [-0.4, -0.2) is 52.5 Å². The second kappa shape index (κ2) is 5.91. The highest BCUT2D eigenvalue weighted by Crippen LogP contribution is 2.28. The van der Waals surface area contributed by atoms with Crippen molar-refractivity contribution in [1.29, 1.82) is 0 Å². The number of carbonyl (C=O) groups excluding carboxylic acids is 1. The van der Waals surface area contributed by atoms with E-state index in [4.69, 9.17) is 4.74 Å². The molecule has 110 valence electrons. The van der Waals surface area contributed by atoms with Gasteiger partial charge in [-0.15, -0.1) is 0 Å². The van der Waals surface area contributed by atoms with Gasteiger partial charge in [-0.2, -0.15) is 0 Å². The van der Waals surface area contributed by atoms with Gasteiger partial charge in [0.2, 0.25) is 0 Å². The first-order valence-corrected chi connectivity index (χ1v) is 6.33. The summed E-state index contributed by atoms with van der Waals surface area (Å²) in [7, 11) is 0. The number of nitrogens with one attached hydrogen (secondary N) is 2. The van der Waals surface area contributed by atoms with E-state index < -0.39 is 23.5 Å². The number of carbonyl (C=O) groups is 2. The molecule has 8 heteroatoms. The number of carboxylic acid groups (broad SMARTS) is 1. The predicted octanol–water partition coefficient (Wildman–Crippen LogP) is -0.328. The van der Waals surface area contributed by atoms with E-state index in [2.05, 4.69) is 15.6 Å². The van der Waals surface area contributed by atoms with Gasteiger partial charge in [0, 0.05) is 25.5 Å². The Hall–Kier alpha value is -2.09. The Kier molecular flexibility index (Phi) is 4.23. The van der Waals surface area contributed by atoms with Crippen LogP contribution in [0.5, 0.6) is 0 Å². The van der Waals surface area contributed by atoms with Crippen molar-refractivity contribution >= 4 is 12.0 Å². The topological polar surface area (TPSA) is 105 Å². The van der Waals surface area contributed by atoms with Crippen molar-refractivity contribution < 1.29 is 19.4 Å². The molecule has 2 rings (SSSR count). The molecule has 0 saturated carbocycles. The lowest BCUT2D eigenvalue weighted by molar-refractivity contribution is -0.148. The van der Waals surface area contributed by atoms with Crippen LogP contribution in [0.15, 0.2) is 18.7 Å². The molecule has 2 atom stereocenters. The SMILES string of the molecule is CC1(C(=O)O)COCC1NC(=O)NCCn1ccnc1. The summed E-state index contributed by atoms with van der Waals surface area (Å²) >= 11 is 0. The van der Waals surface area contributed by atoms with Crippen molar-refractivity contribution in [2.75, 3.05) is 19.8 Å². The maximum atomic E-state index is 11.7. The molecule has 1 aliphatic heterocycles. The molecule has 2 heterocycles. The first-order chi connectivity index (χ1) is 9.52. The fraction of sp³-hybridized carbons (Fsp3) is 0.583. The number of hydrogen-bond acceptors (Lipinski definition) is 4. The second-order valence-electron chi connectivity index (χ2n) is 4.99. The van der Waals surface area contributed by atoms with Crippen LogP contribution in [-0.2, 0) is 16.1 Å². The molecule has 0 spiro atoms. The Morgan fingerprint density at radius 1 is 1.60 bits per heavy atom. The van der Waals surface area contributed by atoms with E-state index in [1.807, 2.05) is 4.57 Å². The van der Waals surface area contributed by atoms with E-state index in [9.17, 15) is 14.7 Å². The standard InChI is InChI=1S/C12H18N4O4/c1-12(10(17)18)7-20-6-9(12)15-11(19)14-3-5-16-4-2-13-8-16/h2,4,8-9H,3,5-7H2,1H3,(H,17,18)(H2,14,15,19). The summed E-state index contributed by atoms with van der Waals surface area (Å²) in [6, 6.07) is -0.929. The molecular weight excluding hydrogens is 264 g/mol. The summed E-state index contributed by atoms with van der Waals surface area (Å²) in [4.78, 5) is 26.9. The lowest BCUT2D eigenvalue weighted by Gasteiger charge is -2.25. The fourth-order valence-electron chi connectivity index (χ4n) is 2.01. The third kappa shape index (κ3) is 3.08. The quantitative estimate of drug-likeness (QED) is 0.686. The van der Waals surface area contributed by atoms with Crippen LogP contribution >= 0.6 is 0 Å². The number of ether oxygens (including phenoxy) is 1. The van der Waals surface area contributed by atoms with Gasteiger partial charge in [-0.1, -0.05) is 0 Å². The average molecular weight is 282 g/mol. The zero-order chi connectivity index (χ0) is 14.6. The highest BCUT2D eigenvalue weighted by molar-refractivity contribution is 5.79. The van der Waals surface area contributed by atoms with Crippen LogP contribution in [0.1, 0.15) is 6.92 Å². The van der Waals surface area contributed by atoms with E-state index in [-0.39, 0.29) is 13.2 Å². The van der Waals surface area contributed by atoms with Crippen LogP contribution in [0.2, 0.25) is 0 Å². The van der Waals surface area contributed by atoms with Crippen molar-refractivity contribution in [3.63, 3.8) is 0 Å². The minimum atomic E-state index is -1.08. The molecular formula is C12H18N4O4. The average Bonchev–Trinajstić information content (AvgIpc) is 3.01. The van der Waals surface area contributed by atoms with Crippen molar-refractivity contribution in [2.45, 2.75) is 19.5 Å². The van der Waals surface area contributed by atoms with Gasteiger partial charge in [-0.05, 0) is 6.92 Å². The summed E-state index contributed by atoms with van der Waals surface area (Å²) in [5.74, 6) is -0.973. The van der Waals surface area contributed by atoms with Gasteiger partial charge in [0.15, 0.2) is 0 Å². The van der Waals surface area contributed by atoms with Crippen molar-refractivity contribution in [1.82, 2.24) is 20.2 Å². The predicted molar refractivity (Wildman–Crippen MR) is 69.1 cm³/mol. The molecule has 1 aromatic rings. The summed E-state index contributed by atoms with van der Waals surface area (Å²) in [5, 5.41) is 14.5. The minimum Gasteiger partial charge on any atom is -0.481 e. The molecule has 1 saturated heterocycles. The molecule has 1 aliphatic rings. The first-order valence-electron chi connectivity index (χ1n) is 6.33. The van der Waals surface area contributed by atoms with E-state index >= 15 is 0 Å². The van der Waals surface area contributed by atoms with Crippen molar-refractivity contribution in [2.24, 2.45) is 5.41 Å². The zero-order valence-electron chi connectivity index (χ0n) is 11.2. The van der Waals surface area contributed by atoms with Gasteiger partial charge >= 0.3 is 12.0 Å². The lowest BCUT2D eigenvalue weighted by Crippen LogP contribution is -2.52. The molecule has 0 aliphatic carbocycles. The number of aliphatic carboxylic acids is 1. The number of aromatic nitrogens is 2. The third-order valence-electron chi connectivity index (χ3n) is 3.46. The van der Waals surface area contributed by atoms with Gasteiger partial charge in [-0.25, -0.2) is 9.78 Å². The smallest absolute Gasteiger partial charge is 0.315 e. The van der Waals surface area contributed by atoms with Crippen LogP contribution in [0.3, 0.4) is 0 Å². The van der Waals surface area contributed by atoms with Crippen LogP contribution in [0.25, 0.3) is 0 Å². The van der Waals surface area contributed by atoms with Gasteiger partial charge in [0.25, 0.3) is 0 Å². The molecule has 8 nitrogen and oxygen atoms in total. The van der Waals surface area contributed by atoms with Gasteiger partial charge in [0.05, 0.1) is 25.6 Å². The lowest BCUT2D eigenvalue weighted by atomic mass is 9.85. The molecule has 2 unspecified atom stereocenters. The number of nitrogens with zero attached hydrogens (tertiary/aromatic N) is 2. The molecule has 2 amide bonds. The number of amides is 2. The Morgan fingerprint density at radius 2 is 2.40 bits per heavy atom. The first kappa shape index (κ1) is 14.3. The molecule has 1 aromatic heterocycles. The van der Waals surface area contributed by atoms with Crippen molar-refractivity contribution in [3.05, 3.63) is 18.7 Å². The minimum absolute atomic E-state index is 0.0995. The second-order valence-corrected chi connectivity index (χ2v) is 4.99. The highest BCUT2D eigenvalue weighted by Gasteiger charge is 2.47. The number of hydrogen-bond donors (Lipinski definition) is 3. The maximum absolute atomic E-state index is 11.7.